The average molecular weight is 402 g/mol. The molecule has 5 nitrogen and oxygen atoms in total. The Kier molecular flexibility index (Phi) is 5.47. The van der Waals surface area contributed by atoms with Crippen molar-refractivity contribution in [3.05, 3.63) is 58.6 Å². The average Bonchev–Trinajstić information content (AvgIpc) is 2.57. The maximum Gasteiger partial charge on any atom is 0.309 e. The molecular weight excluding hydrogens is 384 g/mol. The summed E-state index contributed by atoms with van der Waals surface area (Å²) in [7, 11) is -2.39. The number of nitrogens with one attached hydrogen (secondary N) is 1. The van der Waals surface area contributed by atoms with E-state index in [1.54, 1.807) is 13.1 Å². The number of hydrogen-bond donors (Lipinski definition) is 1. The second kappa shape index (κ2) is 7.48. The van der Waals surface area contributed by atoms with Gasteiger partial charge in [-0.05, 0) is 55.9 Å². The Labute approximate surface area is 156 Å². The van der Waals surface area contributed by atoms with Crippen LogP contribution in [0.1, 0.15) is 12.0 Å². The van der Waals surface area contributed by atoms with Gasteiger partial charge < -0.3 is 5.32 Å². The van der Waals surface area contributed by atoms with E-state index in [0.717, 1.165) is 16.4 Å². The van der Waals surface area contributed by atoms with E-state index in [1.165, 1.54) is 22.5 Å². The number of nitrogens with zero attached hydrogens (tertiary/aromatic N) is 2. The lowest BCUT2D eigenvalue weighted by Gasteiger charge is -2.37. The van der Waals surface area contributed by atoms with Gasteiger partial charge in [-0.1, -0.05) is 17.7 Å². The quantitative estimate of drug-likeness (QED) is 0.781. The molecule has 2 aromatic rings. The Morgan fingerprint density at radius 2 is 1.88 bits per heavy atom. The number of hydrogen-bond acceptors (Lipinski definition) is 3. The molecule has 0 fully saturated rings. The van der Waals surface area contributed by atoms with Crippen LogP contribution in [0.5, 0.6) is 0 Å². The van der Waals surface area contributed by atoms with Crippen LogP contribution < -0.4 is 9.62 Å². The zero-order valence-corrected chi connectivity index (χ0v) is 15.6. The van der Waals surface area contributed by atoms with Crippen molar-refractivity contribution in [1.29, 1.82) is 0 Å². The summed E-state index contributed by atoms with van der Waals surface area (Å²) >= 11 is 6.03. The molecule has 1 N–H and O–H groups in total. The third-order valence-electron chi connectivity index (χ3n) is 4.14. The zero-order valence-electron chi connectivity index (χ0n) is 14.0. The predicted molar refractivity (Wildman–Crippen MR) is 97.8 cm³/mol. The van der Waals surface area contributed by atoms with E-state index in [9.17, 15) is 17.2 Å². The van der Waals surface area contributed by atoms with Crippen molar-refractivity contribution in [2.75, 3.05) is 24.4 Å². The molecule has 1 aliphatic rings. The summed E-state index contributed by atoms with van der Waals surface area (Å²) in [5.74, 6) is -1.90. The van der Waals surface area contributed by atoms with E-state index in [0.29, 0.717) is 23.6 Å². The summed E-state index contributed by atoms with van der Waals surface area (Å²) in [6.07, 6.45) is 0.555. The van der Waals surface area contributed by atoms with Gasteiger partial charge in [-0.25, -0.2) is 13.1 Å². The number of benzene rings is 2. The fraction of sp³-hybridized carbons (Fsp3) is 0.294. The minimum Gasteiger partial charge on any atom is -0.320 e. The third-order valence-corrected chi connectivity index (χ3v) is 6.18. The molecule has 0 radical (unpaired) electrons. The van der Waals surface area contributed by atoms with Gasteiger partial charge in [0.1, 0.15) is 5.69 Å². The Bertz CT molecular complexity index is 904. The standard InChI is InChI=1S/C17H18ClF2N3O2S/c1-21-8-3-9-22-11-12-10-13(18)6-7-16(12)23(26(22,24)25)17-14(19)4-2-5-15(17)20/h2,4-7,10,21H,3,8-9,11H2,1H3. The number of anilines is 2. The van der Waals surface area contributed by atoms with Crippen LogP contribution >= 0.6 is 11.6 Å². The molecule has 140 valence electrons. The van der Waals surface area contributed by atoms with Crippen molar-refractivity contribution in [2.24, 2.45) is 0 Å². The van der Waals surface area contributed by atoms with E-state index >= 15 is 0 Å². The summed E-state index contributed by atoms with van der Waals surface area (Å²) in [6.45, 7) is 0.915. The third kappa shape index (κ3) is 3.42. The first-order chi connectivity index (χ1) is 12.4. The molecule has 0 amide bonds. The number of halogens is 3. The van der Waals surface area contributed by atoms with Crippen LogP contribution in [-0.2, 0) is 16.8 Å². The second-order valence-corrected chi connectivity index (χ2v) is 8.12. The van der Waals surface area contributed by atoms with Crippen molar-refractivity contribution in [3.63, 3.8) is 0 Å². The minimum atomic E-state index is -4.15. The molecule has 0 unspecified atom stereocenters. The van der Waals surface area contributed by atoms with E-state index in [2.05, 4.69) is 5.32 Å². The molecular formula is C17H18ClF2N3O2S. The van der Waals surface area contributed by atoms with Gasteiger partial charge in [-0.15, -0.1) is 0 Å². The fourth-order valence-electron chi connectivity index (χ4n) is 2.94. The Morgan fingerprint density at radius 1 is 1.19 bits per heavy atom. The molecule has 1 aliphatic heterocycles. The van der Waals surface area contributed by atoms with Crippen LogP contribution in [0.2, 0.25) is 5.02 Å². The molecule has 0 aromatic heterocycles. The molecule has 0 saturated carbocycles. The van der Waals surface area contributed by atoms with Gasteiger partial charge in [-0.2, -0.15) is 12.7 Å². The first-order valence-electron chi connectivity index (χ1n) is 8.03. The normalized spacial score (nSPS) is 16.5. The molecule has 0 bridgehead atoms. The molecule has 0 spiro atoms. The lowest BCUT2D eigenvalue weighted by molar-refractivity contribution is 0.391. The first kappa shape index (κ1) is 19.0. The molecule has 2 aromatic carbocycles. The Hall–Kier alpha value is -1.74. The van der Waals surface area contributed by atoms with Gasteiger partial charge in [-0.3, -0.25) is 0 Å². The maximum absolute atomic E-state index is 14.4. The molecule has 26 heavy (non-hydrogen) atoms. The lowest BCUT2D eigenvalue weighted by Crippen LogP contribution is -2.46. The summed E-state index contributed by atoms with van der Waals surface area (Å²) in [5.41, 5.74) is 0.164. The summed E-state index contributed by atoms with van der Waals surface area (Å²) in [4.78, 5) is 0. The van der Waals surface area contributed by atoms with E-state index < -0.39 is 27.5 Å². The SMILES string of the molecule is CNCCCN1Cc2cc(Cl)ccc2N(c2c(F)cccc2F)S1(=O)=O. The maximum atomic E-state index is 14.4. The molecule has 0 aliphatic carbocycles. The van der Waals surface area contributed by atoms with Crippen molar-refractivity contribution >= 4 is 33.2 Å². The van der Waals surface area contributed by atoms with Gasteiger partial charge in [0.25, 0.3) is 0 Å². The van der Waals surface area contributed by atoms with Crippen LogP contribution in [0.25, 0.3) is 0 Å². The highest BCUT2D eigenvalue weighted by Crippen LogP contribution is 2.41. The zero-order chi connectivity index (χ0) is 18.9. The van der Waals surface area contributed by atoms with Crippen LogP contribution in [0.3, 0.4) is 0 Å². The van der Waals surface area contributed by atoms with Crippen LogP contribution in [0, 0.1) is 11.6 Å². The minimum absolute atomic E-state index is 0.0918. The molecule has 0 atom stereocenters. The van der Waals surface area contributed by atoms with Crippen molar-refractivity contribution in [3.8, 4) is 0 Å². The van der Waals surface area contributed by atoms with Gasteiger partial charge >= 0.3 is 10.2 Å². The van der Waals surface area contributed by atoms with Crippen LogP contribution in [0.15, 0.2) is 36.4 Å². The summed E-state index contributed by atoms with van der Waals surface area (Å²) in [6, 6.07) is 7.83. The van der Waals surface area contributed by atoms with Gasteiger partial charge in [0.15, 0.2) is 11.6 Å². The number of fused-ring (bicyclic) bond motifs is 1. The van der Waals surface area contributed by atoms with E-state index in [-0.39, 0.29) is 18.8 Å². The molecule has 0 saturated heterocycles. The van der Waals surface area contributed by atoms with Crippen LogP contribution in [-0.4, -0.2) is 32.9 Å². The summed E-state index contributed by atoms with van der Waals surface area (Å²) in [5, 5.41) is 3.37. The monoisotopic (exact) mass is 401 g/mol. The van der Waals surface area contributed by atoms with Crippen LogP contribution in [0.4, 0.5) is 20.2 Å². The number of para-hydroxylation sites is 1. The summed E-state index contributed by atoms with van der Waals surface area (Å²) < 4.78 is 57.0. The van der Waals surface area contributed by atoms with Gasteiger partial charge in [0.05, 0.1) is 5.69 Å². The number of rotatable bonds is 5. The van der Waals surface area contributed by atoms with Crippen molar-refractivity contribution < 1.29 is 17.2 Å². The molecule has 1 heterocycles. The molecule has 3 rings (SSSR count). The predicted octanol–water partition coefficient (Wildman–Crippen LogP) is 3.43. The largest absolute Gasteiger partial charge is 0.320 e. The lowest BCUT2D eigenvalue weighted by atomic mass is 10.1. The fourth-order valence-corrected chi connectivity index (χ4v) is 4.86. The Balaban J connectivity index is 2.17. The van der Waals surface area contributed by atoms with Crippen molar-refractivity contribution in [1.82, 2.24) is 9.62 Å². The van der Waals surface area contributed by atoms with Gasteiger partial charge in [0.2, 0.25) is 0 Å². The van der Waals surface area contributed by atoms with E-state index in [1.807, 2.05) is 0 Å². The molecule has 9 heteroatoms. The highest BCUT2D eigenvalue weighted by atomic mass is 35.5. The van der Waals surface area contributed by atoms with E-state index in [4.69, 9.17) is 11.6 Å². The highest BCUT2D eigenvalue weighted by molar-refractivity contribution is 7.90. The topological polar surface area (TPSA) is 52.6 Å². The van der Waals surface area contributed by atoms with Crippen molar-refractivity contribution in [2.45, 2.75) is 13.0 Å². The smallest absolute Gasteiger partial charge is 0.309 e. The highest BCUT2D eigenvalue weighted by Gasteiger charge is 2.39. The first-order valence-corrected chi connectivity index (χ1v) is 9.81. The Morgan fingerprint density at radius 3 is 2.54 bits per heavy atom. The second-order valence-electron chi connectivity index (χ2n) is 5.91. The van der Waals surface area contributed by atoms with Gasteiger partial charge in [0, 0.05) is 18.1 Å².